The molecular weight excluding hydrogens is 415 g/mol. The van der Waals surface area contributed by atoms with Gasteiger partial charge in [0, 0.05) is 30.3 Å². The molecule has 0 radical (unpaired) electrons. The van der Waals surface area contributed by atoms with Crippen LogP contribution in [0.3, 0.4) is 0 Å². The number of carbonyl (C=O) groups is 1. The topological polar surface area (TPSA) is 76.1 Å². The third-order valence-electron chi connectivity index (χ3n) is 4.28. The summed E-state index contributed by atoms with van der Waals surface area (Å²) in [5, 5.41) is 2.70. The van der Waals surface area contributed by atoms with Crippen LogP contribution < -0.4 is 5.32 Å². The molecule has 0 saturated heterocycles. The van der Waals surface area contributed by atoms with Gasteiger partial charge < -0.3 is 5.32 Å². The van der Waals surface area contributed by atoms with Crippen molar-refractivity contribution in [1.82, 2.24) is 10.3 Å². The van der Waals surface area contributed by atoms with E-state index in [2.05, 4.69) is 10.3 Å². The first kappa shape index (κ1) is 21.0. The van der Waals surface area contributed by atoms with E-state index in [9.17, 15) is 17.6 Å². The predicted octanol–water partition coefficient (Wildman–Crippen LogP) is 4.18. The molecule has 2 aromatic carbocycles. The van der Waals surface area contributed by atoms with Crippen LogP contribution in [0.4, 0.5) is 4.39 Å². The van der Waals surface area contributed by atoms with Crippen LogP contribution >= 0.6 is 11.6 Å². The van der Waals surface area contributed by atoms with Crippen molar-refractivity contribution in [3.63, 3.8) is 0 Å². The second-order valence-corrected chi connectivity index (χ2v) is 9.06. The highest BCUT2D eigenvalue weighted by molar-refractivity contribution is 7.90. The summed E-state index contributed by atoms with van der Waals surface area (Å²) >= 11 is 5.72. The summed E-state index contributed by atoms with van der Waals surface area (Å²) in [5.74, 6) is -1.08. The minimum absolute atomic E-state index is 0.0347. The van der Waals surface area contributed by atoms with Crippen LogP contribution in [0, 0.1) is 12.7 Å². The number of hydrogen-bond donors (Lipinski definition) is 1. The fourth-order valence-corrected chi connectivity index (χ4v) is 3.47. The van der Waals surface area contributed by atoms with Gasteiger partial charge in [0.15, 0.2) is 9.84 Å². The molecule has 1 N–H and O–H groups in total. The molecule has 0 aliphatic rings. The zero-order chi connectivity index (χ0) is 21.2. The van der Waals surface area contributed by atoms with Crippen molar-refractivity contribution in [2.24, 2.45) is 0 Å². The molecule has 150 valence electrons. The molecule has 29 heavy (non-hydrogen) atoms. The third-order valence-corrected chi connectivity index (χ3v) is 5.67. The highest BCUT2D eigenvalue weighted by Gasteiger charge is 2.16. The molecule has 0 atom stereocenters. The Bertz CT molecular complexity index is 1180. The normalized spacial score (nSPS) is 11.3. The molecule has 0 saturated carbocycles. The van der Waals surface area contributed by atoms with Crippen LogP contribution in [-0.2, 0) is 16.4 Å². The second-order valence-electron chi connectivity index (χ2n) is 6.64. The van der Waals surface area contributed by atoms with Crippen molar-refractivity contribution >= 4 is 27.3 Å². The Morgan fingerprint density at radius 1 is 1.10 bits per heavy atom. The molecule has 0 fully saturated rings. The summed E-state index contributed by atoms with van der Waals surface area (Å²) in [4.78, 5) is 16.8. The Hall–Kier alpha value is -2.77. The summed E-state index contributed by atoms with van der Waals surface area (Å²) in [6.07, 6.45) is 2.71. The number of rotatable bonds is 5. The average Bonchev–Trinajstić information content (AvgIpc) is 2.68. The van der Waals surface area contributed by atoms with E-state index in [0.29, 0.717) is 11.1 Å². The summed E-state index contributed by atoms with van der Waals surface area (Å²) in [7, 11) is -3.59. The fraction of sp³-hybridized carbons (Fsp3) is 0.143. The van der Waals surface area contributed by atoms with Gasteiger partial charge in [0.05, 0.1) is 9.92 Å². The van der Waals surface area contributed by atoms with E-state index in [1.807, 2.05) is 19.1 Å². The number of amides is 1. The molecule has 8 heteroatoms. The Morgan fingerprint density at radius 3 is 2.48 bits per heavy atom. The lowest BCUT2D eigenvalue weighted by atomic mass is 10.0. The third kappa shape index (κ3) is 5.19. The lowest BCUT2D eigenvalue weighted by molar-refractivity contribution is 0.0950. The van der Waals surface area contributed by atoms with Gasteiger partial charge in [-0.25, -0.2) is 12.8 Å². The number of pyridine rings is 1. The van der Waals surface area contributed by atoms with Crippen molar-refractivity contribution in [2.75, 3.05) is 6.26 Å². The maximum absolute atomic E-state index is 13.9. The van der Waals surface area contributed by atoms with E-state index in [-0.39, 0.29) is 22.0 Å². The van der Waals surface area contributed by atoms with Gasteiger partial charge >= 0.3 is 0 Å². The number of halogens is 2. The van der Waals surface area contributed by atoms with Crippen molar-refractivity contribution in [1.29, 1.82) is 0 Å². The molecule has 0 spiro atoms. The van der Waals surface area contributed by atoms with E-state index < -0.39 is 21.6 Å². The zero-order valence-corrected chi connectivity index (χ0v) is 17.3. The van der Waals surface area contributed by atoms with Crippen LogP contribution in [0.25, 0.3) is 11.1 Å². The Balaban J connectivity index is 1.95. The molecule has 5 nitrogen and oxygen atoms in total. The van der Waals surface area contributed by atoms with E-state index in [1.54, 1.807) is 12.3 Å². The zero-order valence-electron chi connectivity index (χ0n) is 15.7. The Morgan fingerprint density at radius 2 is 1.86 bits per heavy atom. The number of benzene rings is 2. The maximum atomic E-state index is 13.9. The molecular formula is C21H18ClFN2O3S. The molecule has 3 aromatic rings. The SMILES string of the molecule is Cc1ccc(CNC(=O)c2cc(-c3ccc(Cl)c(F)c3)cc(S(C)(=O)=O)c2)cn1. The van der Waals surface area contributed by atoms with E-state index in [0.717, 1.165) is 17.5 Å². The van der Waals surface area contributed by atoms with Gasteiger partial charge in [-0.15, -0.1) is 0 Å². The summed E-state index contributed by atoms with van der Waals surface area (Å²) in [6.45, 7) is 2.10. The van der Waals surface area contributed by atoms with Gasteiger partial charge in [-0.05, 0) is 60.0 Å². The van der Waals surface area contributed by atoms with Crippen molar-refractivity contribution < 1.29 is 17.6 Å². The van der Waals surface area contributed by atoms with Crippen LogP contribution in [0.1, 0.15) is 21.6 Å². The summed E-state index contributed by atoms with van der Waals surface area (Å²) in [6, 6.07) is 12.0. The number of hydrogen-bond acceptors (Lipinski definition) is 4. The fourth-order valence-electron chi connectivity index (χ4n) is 2.67. The first-order chi connectivity index (χ1) is 13.6. The Kier molecular flexibility index (Phi) is 6.00. The van der Waals surface area contributed by atoms with Gasteiger partial charge in [-0.1, -0.05) is 23.7 Å². The lowest BCUT2D eigenvalue weighted by Crippen LogP contribution is -2.23. The quantitative estimate of drug-likeness (QED) is 0.656. The summed E-state index contributed by atoms with van der Waals surface area (Å²) in [5.41, 5.74) is 2.63. The minimum Gasteiger partial charge on any atom is -0.348 e. The predicted molar refractivity (Wildman–Crippen MR) is 110 cm³/mol. The number of sulfone groups is 1. The van der Waals surface area contributed by atoms with Gasteiger partial charge in [0.1, 0.15) is 5.82 Å². The van der Waals surface area contributed by atoms with Crippen LogP contribution in [-0.4, -0.2) is 25.6 Å². The number of aryl methyl sites for hydroxylation is 1. The highest BCUT2D eigenvalue weighted by atomic mass is 35.5. The number of aromatic nitrogens is 1. The molecule has 0 bridgehead atoms. The van der Waals surface area contributed by atoms with Crippen LogP contribution in [0.5, 0.6) is 0 Å². The standard InChI is InChI=1S/C21H18ClFN2O3S/c1-13-3-4-14(11-24-13)12-25-21(26)17-7-16(8-18(9-17)29(2,27)28)15-5-6-19(22)20(23)10-15/h3-11H,12H2,1-2H3,(H,25,26). The van der Waals surface area contributed by atoms with Gasteiger partial charge in [-0.2, -0.15) is 0 Å². The Labute approximate surface area is 173 Å². The smallest absolute Gasteiger partial charge is 0.251 e. The molecule has 1 heterocycles. The van der Waals surface area contributed by atoms with Crippen molar-refractivity contribution in [3.05, 3.63) is 82.4 Å². The number of carbonyl (C=O) groups excluding carboxylic acids is 1. The van der Waals surface area contributed by atoms with Gasteiger partial charge in [0.25, 0.3) is 5.91 Å². The van der Waals surface area contributed by atoms with Crippen molar-refractivity contribution in [3.8, 4) is 11.1 Å². The van der Waals surface area contributed by atoms with Crippen LogP contribution in [0.2, 0.25) is 5.02 Å². The number of nitrogens with one attached hydrogen (secondary N) is 1. The van der Waals surface area contributed by atoms with E-state index >= 15 is 0 Å². The highest BCUT2D eigenvalue weighted by Crippen LogP contribution is 2.28. The van der Waals surface area contributed by atoms with E-state index in [4.69, 9.17) is 11.6 Å². The van der Waals surface area contributed by atoms with Gasteiger partial charge in [-0.3, -0.25) is 9.78 Å². The molecule has 3 rings (SSSR count). The maximum Gasteiger partial charge on any atom is 0.251 e. The van der Waals surface area contributed by atoms with Crippen molar-refractivity contribution in [2.45, 2.75) is 18.4 Å². The molecule has 1 aromatic heterocycles. The monoisotopic (exact) mass is 432 g/mol. The molecule has 0 unspecified atom stereocenters. The average molecular weight is 433 g/mol. The second kappa shape index (κ2) is 8.31. The largest absolute Gasteiger partial charge is 0.348 e. The van der Waals surface area contributed by atoms with Gasteiger partial charge in [0.2, 0.25) is 0 Å². The molecule has 0 aliphatic carbocycles. The van der Waals surface area contributed by atoms with E-state index in [1.165, 1.54) is 30.3 Å². The van der Waals surface area contributed by atoms with Crippen LogP contribution in [0.15, 0.2) is 59.6 Å². The summed E-state index contributed by atoms with van der Waals surface area (Å²) < 4.78 is 38.0. The first-order valence-corrected chi connectivity index (χ1v) is 10.9. The first-order valence-electron chi connectivity index (χ1n) is 8.64. The molecule has 1 amide bonds. The number of nitrogens with zero attached hydrogens (tertiary/aromatic N) is 1. The lowest BCUT2D eigenvalue weighted by Gasteiger charge is -2.11. The minimum atomic E-state index is -3.59. The molecule has 0 aliphatic heterocycles.